The molecular formula is C17H17FN4O5. The lowest BCUT2D eigenvalue weighted by atomic mass is 10.1. The molecule has 0 saturated carbocycles. The average Bonchev–Trinajstić information content (AvgIpc) is 2.66. The molecule has 142 valence electrons. The number of amides is 2. The molecule has 0 spiro atoms. The zero-order chi connectivity index (χ0) is 20.0. The van der Waals surface area contributed by atoms with Gasteiger partial charge in [-0.2, -0.15) is 0 Å². The lowest BCUT2D eigenvalue weighted by Gasteiger charge is -2.15. The van der Waals surface area contributed by atoms with Gasteiger partial charge in [0.05, 0.1) is 10.5 Å². The number of rotatable bonds is 6. The maximum Gasteiger partial charge on any atom is 0.279 e. The molecule has 0 aliphatic rings. The first-order chi connectivity index (χ1) is 12.8. The van der Waals surface area contributed by atoms with Crippen LogP contribution < -0.4 is 20.9 Å². The second-order valence-electron chi connectivity index (χ2n) is 5.39. The zero-order valence-corrected chi connectivity index (χ0v) is 14.5. The summed E-state index contributed by atoms with van der Waals surface area (Å²) in [5, 5.41) is 13.6. The van der Waals surface area contributed by atoms with Crippen LogP contribution in [0.4, 0.5) is 15.8 Å². The van der Waals surface area contributed by atoms with Crippen LogP contribution in [0, 0.1) is 15.9 Å². The van der Waals surface area contributed by atoms with Gasteiger partial charge < -0.3 is 10.1 Å². The van der Waals surface area contributed by atoms with Crippen LogP contribution in [0.3, 0.4) is 0 Å². The second kappa shape index (κ2) is 8.61. The summed E-state index contributed by atoms with van der Waals surface area (Å²) in [5.41, 5.74) is 4.42. The summed E-state index contributed by atoms with van der Waals surface area (Å²) in [6.45, 7) is 1.44. The molecule has 0 aliphatic heterocycles. The topological polar surface area (TPSA) is 123 Å². The van der Waals surface area contributed by atoms with E-state index in [0.29, 0.717) is 5.69 Å². The maximum absolute atomic E-state index is 12.9. The Morgan fingerprint density at radius 2 is 1.81 bits per heavy atom. The van der Waals surface area contributed by atoms with Crippen molar-refractivity contribution in [3.63, 3.8) is 0 Å². The second-order valence-corrected chi connectivity index (χ2v) is 5.39. The van der Waals surface area contributed by atoms with Crippen LogP contribution in [0.5, 0.6) is 5.75 Å². The number of halogens is 1. The summed E-state index contributed by atoms with van der Waals surface area (Å²) < 4.78 is 18.2. The largest absolute Gasteiger partial charge is 0.481 e. The Balaban J connectivity index is 1.99. The first-order valence-corrected chi connectivity index (χ1v) is 7.80. The van der Waals surface area contributed by atoms with E-state index in [1.54, 1.807) is 7.05 Å². The number of non-ortho nitro benzene ring substituents is 1. The summed E-state index contributed by atoms with van der Waals surface area (Å²) in [6, 6.07) is 8.81. The Morgan fingerprint density at radius 1 is 1.15 bits per heavy atom. The van der Waals surface area contributed by atoms with Crippen molar-refractivity contribution in [1.82, 2.24) is 10.9 Å². The van der Waals surface area contributed by atoms with Gasteiger partial charge in [0.2, 0.25) is 0 Å². The van der Waals surface area contributed by atoms with Gasteiger partial charge in [-0.3, -0.25) is 30.6 Å². The van der Waals surface area contributed by atoms with Gasteiger partial charge in [-0.25, -0.2) is 4.39 Å². The maximum atomic E-state index is 12.9. The van der Waals surface area contributed by atoms with Gasteiger partial charge in [0.25, 0.3) is 17.5 Å². The van der Waals surface area contributed by atoms with Gasteiger partial charge in [0.15, 0.2) is 6.10 Å². The molecule has 1 atom stereocenters. The molecule has 0 fully saturated rings. The first kappa shape index (κ1) is 19.6. The normalized spacial score (nSPS) is 11.2. The van der Waals surface area contributed by atoms with Crippen molar-refractivity contribution in [3.8, 4) is 5.75 Å². The summed E-state index contributed by atoms with van der Waals surface area (Å²) in [5.74, 6) is -1.57. The highest BCUT2D eigenvalue weighted by Crippen LogP contribution is 2.21. The molecule has 0 aliphatic carbocycles. The van der Waals surface area contributed by atoms with E-state index < -0.39 is 28.7 Å². The third kappa shape index (κ3) is 5.14. The van der Waals surface area contributed by atoms with Gasteiger partial charge in [0.1, 0.15) is 11.6 Å². The number of ether oxygens (including phenoxy) is 1. The summed E-state index contributed by atoms with van der Waals surface area (Å²) in [4.78, 5) is 34.5. The molecule has 0 heterocycles. The molecule has 3 N–H and O–H groups in total. The number of nitrogens with zero attached hydrogens (tertiary/aromatic N) is 1. The number of carbonyl (C=O) groups is 2. The van der Waals surface area contributed by atoms with Gasteiger partial charge in [-0.1, -0.05) is 0 Å². The minimum Gasteiger partial charge on any atom is -0.481 e. The fraction of sp³-hybridized carbons (Fsp3) is 0.176. The number of carbonyl (C=O) groups excluding carboxylic acids is 2. The third-order valence-corrected chi connectivity index (χ3v) is 3.52. The molecule has 2 aromatic rings. The Morgan fingerprint density at radius 3 is 2.41 bits per heavy atom. The summed E-state index contributed by atoms with van der Waals surface area (Å²) in [6.07, 6.45) is -0.982. The smallest absolute Gasteiger partial charge is 0.279 e. The van der Waals surface area contributed by atoms with Crippen molar-refractivity contribution in [2.24, 2.45) is 0 Å². The van der Waals surface area contributed by atoms with Crippen LogP contribution in [-0.4, -0.2) is 29.9 Å². The summed E-state index contributed by atoms with van der Waals surface area (Å²) in [7, 11) is 1.55. The van der Waals surface area contributed by atoms with Crippen LogP contribution in [0.15, 0.2) is 42.5 Å². The van der Waals surface area contributed by atoms with Crippen LogP contribution >= 0.6 is 0 Å². The Bertz CT molecular complexity index is 857. The van der Waals surface area contributed by atoms with E-state index in [0.717, 1.165) is 6.07 Å². The number of nitrogens with one attached hydrogen (secondary N) is 3. The van der Waals surface area contributed by atoms with Crippen LogP contribution in [-0.2, 0) is 4.79 Å². The standard InChI is InChI=1S/C17H17FN4O5/c1-10(27-13-6-3-11(18)4-7-13)16(23)20-21-17(24)14-9-12(22(25)26)5-8-15(14)19-2/h3-10,19H,1-2H3,(H,20,23)(H,21,24)/t10-/m1/s1. The highest BCUT2D eigenvalue weighted by Gasteiger charge is 2.19. The quantitative estimate of drug-likeness (QED) is 0.523. The molecule has 27 heavy (non-hydrogen) atoms. The average molecular weight is 376 g/mol. The van der Waals surface area contributed by atoms with Crippen molar-refractivity contribution in [3.05, 3.63) is 64.0 Å². The SMILES string of the molecule is CNc1ccc([N+](=O)[O-])cc1C(=O)NNC(=O)[C@@H](C)Oc1ccc(F)cc1. The van der Waals surface area contributed by atoms with Gasteiger partial charge in [0, 0.05) is 24.9 Å². The molecule has 2 aromatic carbocycles. The van der Waals surface area contributed by atoms with E-state index >= 15 is 0 Å². The minimum absolute atomic E-state index is 0.0147. The van der Waals surface area contributed by atoms with E-state index in [4.69, 9.17) is 4.74 Å². The van der Waals surface area contributed by atoms with Crippen molar-refractivity contribution >= 4 is 23.2 Å². The molecule has 0 bridgehead atoms. The summed E-state index contributed by atoms with van der Waals surface area (Å²) >= 11 is 0. The lowest BCUT2D eigenvalue weighted by Crippen LogP contribution is -2.47. The Hall–Kier alpha value is -3.69. The number of nitro benzene ring substituents is 1. The number of anilines is 1. The van der Waals surface area contributed by atoms with Crippen molar-refractivity contribution in [2.45, 2.75) is 13.0 Å². The van der Waals surface area contributed by atoms with E-state index in [2.05, 4.69) is 16.2 Å². The molecule has 9 nitrogen and oxygen atoms in total. The minimum atomic E-state index is -0.982. The lowest BCUT2D eigenvalue weighted by molar-refractivity contribution is -0.384. The number of hydrogen-bond donors (Lipinski definition) is 3. The van der Waals surface area contributed by atoms with E-state index in [9.17, 15) is 24.1 Å². The molecule has 0 aromatic heterocycles. The molecule has 0 unspecified atom stereocenters. The van der Waals surface area contributed by atoms with Crippen LogP contribution in [0.25, 0.3) is 0 Å². The fourth-order valence-electron chi connectivity index (χ4n) is 2.11. The molecule has 0 saturated heterocycles. The molecule has 10 heteroatoms. The number of hydrazine groups is 1. The Labute approximate surface area is 153 Å². The van der Waals surface area contributed by atoms with Crippen LogP contribution in [0.1, 0.15) is 17.3 Å². The van der Waals surface area contributed by atoms with Crippen molar-refractivity contribution < 1.29 is 23.6 Å². The predicted molar refractivity (Wildman–Crippen MR) is 94.7 cm³/mol. The molecule has 0 radical (unpaired) electrons. The molecule has 2 rings (SSSR count). The van der Waals surface area contributed by atoms with E-state index in [1.165, 1.54) is 43.3 Å². The predicted octanol–water partition coefficient (Wildman–Crippen LogP) is 2.00. The third-order valence-electron chi connectivity index (χ3n) is 3.52. The van der Waals surface area contributed by atoms with Gasteiger partial charge in [-0.15, -0.1) is 0 Å². The van der Waals surface area contributed by atoms with Crippen LogP contribution in [0.2, 0.25) is 0 Å². The van der Waals surface area contributed by atoms with E-state index in [-0.39, 0.29) is 17.0 Å². The van der Waals surface area contributed by atoms with Crippen molar-refractivity contribution in [1.29, 1.82) is 0 Å². The first-order valence-electron chi connectivity index (χ1n) is 7.80. The molecular weight excluding hydrogens is 359 g/mol. The number of hydrogen-bond acceptors (Lipinski definition) is 6. The number of nitro groups is 1. The van der Waals surface area contributed by atoms with Crippen molar-refractivity contribution in [2.75, 3.05) is 12.4 Å². The highest BCUT2D eigenvalue weighted by atomic mass is 19.1. The van der Waals surface area contributed by atoms with Gasteiger partial charge >= 0.3 is 0 Å². The highest BCUT2D eigenvalue weighted by molar-refractivity contribution is 6.01. The number of benzene rings is 2. The Kier molecular flexibility index (Phi) is 6.26. The fourth-order valence-corrected chi connectivity index (χ4v) is 2.11. The molecule has 2 amide bonds. The monoisotopic (exact) mass is 376 g/mol. The van der Waals surface area contributed by atoms with E-state index in [1.807, 2.05) is 0 Å². The zero-order valence-electron chi connectivity index (χ0n) is 14.5. The van der Waals surface area contributed by atoms with Gasteiger partial charge in [-0.05, 0) is 37.3 Å².